The van der Waals surface area contributed by atoms with Crippen LogP contribution in [-0.4, -0.2) is 18.6 Å². The lowest BCUT2D eigenvalue weighted by Crippen LogP contribution is -2.02. The van der Waals surface area contributed by atoms with Crippen LogP contribution in [0.4, 0.5) is 5.69 Å². The van der Waals surface area contributed by atoms with E-state index in [0.717, 1.165) is 35.8 Å². The predicted molar refractivity (Wildman–Crippen MR) is 85.1 cm³/mol. The van der Waals surface area contributed by atoms with E-state index in [-0.39, 0.29) is 0 Å². The molecule has 112 valence electrons. The molecular weight excluding hydrogens is 264 g/mol. The fourth-order valence-electron chi connectivity index (χ4n) is 2.07. The van der Waals surface area contributed by atoms with Gasteiger partial charge in [-0.15, -0.1) is 0 Å². The number of anilines is 1. The summed E-state index contributed by atoms with van der Waals surface area (Å²) in [7, 11) is 1.66. The Bertz CT molecular complexity index is 585. The third-order valence-corrected chi connectivity index (χ3v) is 3.21. The molecule has 0 amide bonds. The first-order valence-electron chi connectivity index (χ1n) is 7.25. The average molecular weight is 286 g/mol. The van der Waals surface area contributed by atoms with E-state index in [0.29, 0.717) is 6.61 Å². The molecule has 0 unspecified atom stereocenters. The van der Waals surface area contributed by atoms with Crippen molar-refractivity contribution in [3.63, 3.8) is 0 Å². The number of pyridine rings is 1. The van der Waals surface area contributed by atoms with E-state index in [4.69, 9.17) is 9.47 Å². The Labute approximate surface area is 126 Å². The third-order valence-electron chi connectivity index (χ3n) is 3.21. The van der Waals surface area contributed by atoms with Gasteiger partial charge in [0.25, 0.3) is 0 Å². The minimum Gasteiger partial charge on any atom is -0.493 e. The van der Waals surface area contributed by atoms with Gasteiger partial charge in [-0.25, -0.2) is 0 Å². The molecule has 4 heteroatoms. The van der Waals surface area contributed by atoms with Crippen molar-refractivity contribution >= 4 is 5.69 Å². The molecule has 0 aliphatic heterocycles. The lowest BCUT2D eigenvalue weighted by molar-refractivity contribution is 0.280. The number of rotatable bonds is 7. The van der Waals surface area contributed by atoms with Crippen molar-refractivity contribution in [2.75, 3.05) is 19.0 Å². The van der Waals surface area contributed by atoms with E-state index in [2.05, 4.69) is 30.2 Å². The standard InChI is InChI=1S/C17H22N2O2/c1-4-13-6-7-16(17(10-13)20-3)21-12-15-11-14(18-5-2)8-9-19-15/h6-11H,4-5,12H2,1-3H3,(H,18,19). The number of hydrogen-bond acceptors (Lipinski definition) is 4. The maximum absolute atomic E-state index is 5.83. The lowest BCUT2D eigenvalue weighted by Gasteiger charge is -2.12. The maximum atomic E-state index is 5.83. The summed E-state index contributed by atoms with van der Waals surface area (Å²) in [5.41, 5.74) is 3.17. The first kappa shape index (κ1) is 15.2. The van der Waals surface area contributed by atoms with Gasteiger partial charge in [0, 0.05) is 18.4 Å². The molecule has 21 heavy (non-hydrogen) atoms. The molecule has 4 nitrogen and oxygen atoms in total. The molecule has 0 aliphatic carbocycles. The summed E-state index contributed by atoms with van der Waals surface area (Å²) in [4.78, 5) is 4.32. The van der Waals surface area contributed by atoms with E-state index in [1.54, 1.807) is 13.3 Å². The molecule has 0 spiro atoms. The van der Waals surface area contributed by atoms with Crippen molar-refractivity contribution in [2.24, 2.45) is 0 Å². The number of benzene rings is 1. The summed E-state index contributed by atoms with van der Waals surface area (Å²) >= 11 is 0. The molecule has 1 aromatic heterocycles. The smallest absolute Gasteiger partial charge is 0.161 e. The van der Waals surface area contributed by atoms with Gasteiger partial charge in [0.1, 0.15) is 6.61 Å². The van der Waals surface area contributed by atoms with Crippen molar-refractivity contribution in [3.05, 3.63) is 47.8 Å². The van der Waals surface area contributed by atoms with Crippen molar-refractivity contribution in [2.45, 2.75) is 26.9 Å². The van der Waals surface area contributed by atoms with Crippen LogP contribution in [0.15, 0.2) is 36.5 Å². The summed E-state index contributed by atoms with van der Waals surface area (Å²) in [5.74, 6) is 1.50. The highest BCUT2D eigenvalue weighted by Gasteiger charge is 2.06. The average Bonchev–Trinajstić information content (AvgIpc) is 2.53. The second kappa shape index (κ2) is 7.53. The molecule has 0 saturated carbocycles. The number of methoxy groups -OCH3 is 1. The predicted octanol–water partition coefficient (Wildman–Crippen LogP) is 3.66. The summed E-state index contributed by atoms with van der Waals surface area (Å²) in [6.07, 6.45) is 2.76. The number of aryl methyl sites for hydroxylation is 1. The Morgan fingerprint density at radius 3 is 2.67 bits per heavy atom. The van der Waals surface area contributed by atoms with Crippen molar-refractivity contribution in [1.82, 2.24) is 4.98 Å². The molecule has 0 fully saturated rings. The zero-order valence-corrected chi connectivity index (χ0v) is 12.8. The Hall–Kier alpha value is -2.23. The van der Waals surface area contributed by atoms with Gasteiger partial charge in [-0.2, -0.15) is 0 Å². The van der Waals surface area contributed by atoms with E-state index in [1.165, 1.54) is 5.56 Å². The third kappa shape index (κ3) is 4.12. The van der Waals surface area contributed by atoms with Gasteiger partial charge in [0.15, 0.2) is 11.5 Å². The van der Waals surface area contributed by atoms with Gasteiger partial charge in [-0.3, -0.25) is 4.98 Å². The normalized spacial score (nSPS) is 10.2. The van der Waals surface area contributed by atoms with Crippen LogP contribution in [0.2, 0.25) is 0 Å². The second-order valence-corrected chi connectivity index (χ2v) is 4.69. The van der Waals surface area contributed by atoms with Gasteiger partial charge in [0.05, 0.1) is 12.8 Å². The van der Waals surface area contributed by atoms with Crippen LogP contribution in [0.25, 0.3) is 0 Å². The maximum Gasteiger partial charge on any atom is 0.161 e. The molecule has 1 N–H and O–H groups in total. The summed E-state index contributed by atoms with van der Waals surface area (Å²) in [6, 6.07) is 9.96. The first-order chi connectivity index (χ1) is 10.3. The Morgan fingerprint density at radius 2 is 1.95 bits per heavy atom. The van der Waals surface area contributed by atoms with Crippen LogP contribution in [0, 0.1) is 0 Å². The highest BCUT2D eigenvalue weighted by molar-refractivity contribution is 5.44. The van der Waals surface area contributed by atoms with Gasteiger partial charge >= 0.3 is 0 Å². The van der Waals surface area contributed by atoms with Crippen LogP contribution in [0.3, 0.4) is 0 Å². The zero-order valence-electron chi connectivity index (χ0n) is 12.8. The minimum atomic E-state index is 0.418. The fourth-order valence-corrected chi connectivity index (χ4v) is 2.07. The molecule has 1 heterocycles. The Morgan fingerprint density at radius 1 is 1.10 bits per heavy atom. The zero-order chi connectivity index (χ0) is 15.1. The topological polar surface area (TPSA) is 43.4 Å². The van der Waals surface area contributed by atoms with Crippen LogP contribution in [-0.2, 0) is 13.0 Å². The number of hydrogen-bond donors (Lipinski definition) is 1. The molecular formula is C17H22N2O2. The van der Waals surface area contributed by atoms with E-state index >= 15 is 0 Å². The monoisotopic (exact) mass is 286 g/mol. The molecule has 0 radical (unpaired) electrons. The second-order valence-electron chi connectivity index (χ2n) is 4.69. The Kier molecular flexibility index (Phi) is 5.43. The lowest BCUT2D eigenvalue weighted by atomic mass is 10.1. The van der Waals surface area contributed by atoms with E-state index in [9.17, 15) is 0 Å². The van der Waals surface area contributed by atoms with Crippen molar-refractivity contribution in [1.29, 1.82) is 0 Å². The van der Waals surface area contributed by atoms with E-state index in [1.807, 2.05) is 24.3 Å². The van der Waals surface area contributed by atoms with Crippen molar-refractivity contribution < 1.29 is 9.47 Å². The highest BCUT2D eigenvalue weighted by atomic mass is 16.5. The van der Waals surface area contributed by atoms with Crippen LogP contribution in [0.5, 0.6) is 11.5 Å². The quantitative estimate of drug-likeness (QED) is 0.843. The van der Waals surface area contributed by atoms with E-state index < -0.39 is 0 Å². The number of aromatic nitrogens is 1. The van der Waals surface area contributed by atoms with Crippen LogP contribution >= 0.6 is 0 Å². The number of nitrogens with one attached hydrogen (secondary N) is 1. The molecule has 0 atom stereocenters. The molecule has 2 rings (SSSR count). The largest absolute Gasteiger partial charge is 0.493 e. The SMILES string of the molecule is CCNc1ccnc(COc2ccc(CC)cc2OC)c1. The first-order valence-corrected chi connectivity index (χ1v) is 7.25. The summed E-state index contributed by atoms with van der Waals surface area (Å²) in [6.45, 7) is 5.49. The minimum absolute atomic E-state index is 0.418. The summed E-state index contributed by atoms with van der Waals surface area (Å²) in [5, 5.41) is 3.26. The van der Waals surface area contributed by atoms with Gasteiger partial charge in [-0.05, 0) is 43.2 Å². The molecule has 1 aromatic carbocycles. The number of nitrogens with zero attached hydrogens (tertiary/aromatic N) is 1. The van der Waals surface area contributed by atoms with Gasteiger partial charge in [0.2, 0.25) is 0 Å². The fraction of sp³-hybridized carbons (Fsp3) is 0.353. The Balaban J connectivity index is 2.07. The highest BCUT2D eigenvalue weighted by Crippen LogP contribution is 2.29. The molecule has 0 bridgehead atoms. The van der Waals surface area contributed by atoms with Gasteiger partial charge in [-0.1, -0.05) is 13.0 Å². The van der Waals surface area contributed by atoms with Crippen molar-refractivity contribution in [3.8, 4) is 11.5 Å². The molecule has 0 saturated heterocycles. The van der Waals surface area contributed by atoms with Gasteiger partial charge < -0.3 is 14.8 Å². The molecule has 2 aromatic rings. The number of ether oxygens (including phenoxy) is 2. The summed E-state index contributed by atoms with van der Waals surface area (Å²) < 4.78 is 11.2. The molecule has 0 aliphatic rings. The van der Waals surface area contributed by atoms with Crippen LogP contribution < -0.4 is 14.8 Å². The van der Waals surface area contributed by atoms with Crippen LogP contribution in [0.1, 0.15) is 25.1 Å².